The van der Waals surface area contributed by atoms with Gasteiger partial charge in [-0.2, -0.15) is 9.97 Å². The molecule has 0 radical (unpaired) electrons. The van der Waals surface area contributed by atoms with Crippen molar-refractivity contribution in [2.75, 3.05) is 5.32 Å². The Morgan fingerprint density at radius 2 is 2.20 bits per heavy atom. The van der Waals surface area contributed by atoms with Crippen molar-refractivity contribution in [1.29, 1.82) is 0 Å². The van der Waals surface area contributed by atoms with E-state index < -0.39 is 0 Å². The highest BCUT2D eigenvalue weighted by Gasteiger charge is 2.22. The molecule has 9 heteroatoms. The standard InChI is InChI=1S/C16H19ClFN5O.ClH/c1-3-9(19)7-11-13(18)12-14(20-8-10-5-4-6-24-10)21-16(17)22-15(12)23(11)2;/h4-6,9H,3,7-8,19H2,1-2H3,(H,20,21,22);1H. The maximum absolute atomic E-state index is 15.0. The van der Waals surface area contributed by atoms with Crippen molar-refractivity contribution in [3.05, 3.63) is 41.0 Å². The van der Waals surface area contributed by atoms with Gasteiger partial charge in [0, 0.05) is 19.5 Å². The first-order valence-electron chi connectivity index (χ1n) is 7.73. The Hall–Kier alpha value is -1.83. The van der Waals surface area contributed by atoms with Crippen LogP contribution in [0.15, 0.2) is 22.8 Å². The summed E-state index contributed by atoms with van der Waals surface area (Å²) in [4.78, 5) is 8.30. The number of fused-ring (bicyclic) bond motifs is 1. The summed E-state index contributed by atoms with van der Waals surface area (Å²) in [5, 5.41) is 3.43. The molecule has 3 rings (SSSR count). The molecule has 1 unspecified atom stereocenters. The molecule has 0 bridgehead atoms. The molecule has 25 heavy (non-hydrogen) atoms. The summed E-state index contributed by atoms with van der Waals surface area (Å²) in [6.07, 6.45) is 2.76. The molecule has 0 saturated heterocycles. The second-order valence-electron chi connectivity index (χ2n) is 5.66. The lowest BCUT2D eigenvalue weighted by molar-refractivity contribution is 0.518. The van der Waals surface area contributed by atoms with E-state index in [9.17, 15) is 4.39 Å². The summed E-state index contributed by atoms with van der Waals surface area (Å²) in [6, 6.07) is 3.48. The van der Waals surface area contributed by atoms with Crippen LogP contribution in [-0.2, 0) is 20.0 Å². The summed E-state index contributed by atoms with van der Waals surface area (Å²) in [5.74, 6) is 0.684. The molecular formula is C16H20Cl2FN5O. The quantitative estimate of drug-likeness (QED) is 0.630. The normalized spacial score (nSPS) is 12.2. The first-order chi connectivity index (χ1) is 11.5. The Bertz CT molecular complexity index is 850. The van der Waals surface area contributed by atoms with Crippen LogP contribution in [0.5, 0.6) is 0 Å². The van der Waals surface area contributed by atoms with E-state index in [0.717, 1.165) is 6.42 Å². The first kappa shape index (κ1) is 19.5. The minimum atomic E-state index is -0.366. The number of halogens is 3. The number of nitrogens with zero attached hydrogens (tertiary/aromatic N) is 3. The van der Waals surface area contributed by atoms with Crippen LogP contribution in [-0.4, -0.2) is 20.6 Å². The molecule has 3 N–H and O–H groups in total. The maximum atomic E-state index is 15.0. The van der Waals surface area contributed by atoms with Gasteiger partial charge in [0.05, 0.1) is 23.9 Å². The van der Waals surface area contributed by atoms with Crippen molar-refractivity contribution in [2.45, 2.75) is 32.4 Å². The van der Waals surface area contributed by atoms with Gasteiger partial charge >= 0.3 is 0 Å². The molecule has 0 fully saturated rings. The van der Waals surface area contributed by atoms with Gasteiger partial charge in [0.15, 0.2) is 5.82 Å². The fourth-order valence-corrected chi connectivity index (χ4v) is 2.78. The molecule has 3 aromatic heterocycles. The van der Waals surface area contributed by atoms with Crippen molar-refractivity contribution < 1.29 is 8.81 Å². The molecule has 3 aromatic rings. The molecule has 1 atom stereocenters. The summed E-state index contributed by atoms with van der Waals surface area (Å²) in [6.45, 7) is 2.34. The zero-order chi connectivity index (χ0) is 17.3. The second-order valence-corrected chi connectivity index (χ2v) is 6.00. The molecule has 0 spiro atoms. The highest BCUT2D eigenvalue weighted by molar-refractivity contribution is 6.28. The second kappa shape index (κ2) is 8.03. The molecule has 136 valence electrons. The Balaban J connectivity index is 0.00000225. The highest BCUT2D eigenvalue weighted by Crippen LogP contribution is 2.30. The van der Waals surface area contributed by atoms with Gasteiger partial charge in [-0.3, -0.25) is 0 Å². The monoisotopic (exact) mass is 387 g/mol. The van der Waals surface area contributed by atoms with Crippen molar-refractivity contribution in [3.63, 3.8) is 0 Å². The molecule has 0 saturated carbocycles. The number of aryl methyl sites for hydroxylation is 1. The third-order valence-corrected chi connectivity index (χ3v) is 4.22. The summed E-state index contributed by atoms with van der Waals surface area (Å²) >= 11 is 6.00. The van der Waals surface area contributed by atoms with Crippen LogP contribution in [0, 0.1) is 5.82 Å². The fourth-order valence-electron chi connectivity index (χ4n) is 2.62. The van der Waals surface area contributed by atoms with Crippen molar-refractivity contribution in [2.24, 2.45) is 12.8 Å². The van der Waals surface area contributed by atoms with Gasteiger partial charge in [-0.15, -0.1) is 12.4 Å². The number of hydrogen-bond acceptors (Lipinski definition) is 5. The Labute approximate surface area is 156 Å². The number of furan rings is 1. The van der Waals surface area contributed by atoms with Crippen molar-refractivity contribution >= 4 is 40.9 Å². The average molecular weight is 388 g/mol. The van der Waals surface area contributed by atoms with Gasteiger partial charge in [-0.25, -0.2) is 4.39 Å². The third-order valence-electron chi connectivity index (χ3n) is 4.05. The third kappa shape index (κ3) is 3.89. The molecule has 3 heterocycles. The lowest BCUT2D eigenvalue weighted by Crippen LogP contribution is -2.23. The number of hydrogen-bond donors (Lipinski definition) is 2. The van der Waals surface area contributed by atoms with Crippen LogP contribution in [0.3, 0.4) is 0 Å². The van der Waals surface area contributed by atoms with Crippen LogP contribution >= 0.6 is 24.0 Å². The predicted octanol–water partition coefficient (Wildman–Crippen LogP) is 3.67. The minimum absolute atomic E-state index is 0. The molecule has 6 nitrogen and oxygen atoms in total. The lowest BCUT2D eigenvalue weighted by Gasteiger charge is -2.09. The van der Waals surface area contributed by atoms with Gasteiger partial charge in [-0.05, 0) is 30.2 Å². The largest absolute Gasteiger partial charge is 0.467 e. The lowest BCUT2D eigenvalue weighted by atomic mass is 10.1. The van der Waals surface area contributed by atoms with E-state index in [0.29, 0.717) is 41.3 Å². The van der Waals surface area contributed by atoms with Gasteiger partial charge in [0.1, 0.15) is 17.2 Å². The van der Waals surface area contributed by atoms with Crippen LogP contribution in [0.2, 0.25) is 5.28 Å². The molecule has 0 aliphatic rings. The number of nitrogens with one attached hydrogen (secondary N) is 1. The number of aromatic nitrogens is 3. The molecule has 0 aliphatic carbocycles. The SMILES string of the molecule is CCC(N)Cc1c(F)c2c(NCc3ccco3)nc(Cl)nc2n1C.Cl. The molecule has 0 aliphatic heterocycles. The maximum Gasteiger partial charge on any atom is 0.226 e. The van der Waals surface area contributed by atoms with Crippen LogP contribution in [0.4, 0.5) is 10.2 Å². The first-order valence-corrected chi connectivity index (χ1v) is 8.11. The molecular weight excluding hydrogens is 368 g/mol. The smallest absolute Gasteiger partial charge is 0.226 e. The molecule has 0 aromatic carbocycles. The highest BCUT2D eigenvalue weighted by atomic mass is 35.5. The summed E-state index contributed by atoms with van der Waals surface area (Å²) in [5.41, 5.74) is 6.92. The van der Waals surface area contributed by atoms with E-state index in [1.807, 2.05) is 13.0 Å². The summed E-state index contributed by atoms with van der Waals surface area (Å²) in [7, 11) is 1.75. The zero-order valence-electron chi connectivity index (χ0n) is 13.9. The van der Waals surface area contributed by atoms with Crippen molar-refractivity contribution in [3.8, 4) is 0 Å². The predicted molar refractivity (Wildman–Crippen MR) is 98.7 cm³/mol. The van der Waals surface area contributed by atoms with Crippen LogP contribution in [0.25, 0.3) is 11.0 Å². The van der Waals surface area contributed by atoms with Gasteiger partial charge in [0.25, 0.3) is 0 Å². The zero-order valence-corrected chi connectivity index (χ0v) is 15.5. The van der Waals surface area contributed by atoms with E-state index in [4.69, 9.17) is 21.8 Å². The van der Waals surface area contributed by atoms with E-state index >= 15 is 0 Å². The van der Waals surface area contributed by atoms with E-state index in [1.165, 1.54) is 0 Å². The molecule has 0 amide bonds. The number of rotatable bonds is 6. The number of anilines is 1. The Morgan fingerprint density at radius 3 is 2.84 bits per heavy atom. The van der Waals surface area contributed by atoms with Gasteiger partial charge < -0.3 is 20.0 Å². The van der Waals surface area contributed by atoms with Gasteiger partial charge in [0.2, 0.25) is 5.28 Å². The topological polar surface area (TPSA) is 81.9 Å². The van der Waals surface area contributed by atoms with Crippen molar-refractivity contribution in [1.82, 2.24) is 14.5 Å². The Morgan fingerprint density at radius 1 is 1.44 bits per heavy atom. The minimum Gasteiger partial charge on any atom is -0.467 e. The van der Waals surface area contributed by atoms with Crippen LogP contribution < -0.4 is 11.1 Å². The summed E-state index contributed by atoms with van der Waals surface area (Å²) < 4.78 is 21.9. The fraction of sp³-hybridized carbons (Fsp3) is 0.375. The van der Waals surface area contributed by atoms with E-state index in [2.05, 4.69) is 15.3 Å². The van der Waals surface area contributed by atoms with Crippen LogP contribution in [0.1, 0.15) is 24.8 Å². The van der Waals surface area contributed by atoms with E-state index in [1.54, 1.807) is 23.9 Å². The average Bonchev–Trinajstić information content (AvgIpc) is 3.16. The van der Waals surface area contributed by atoms with Gasteiger partial charge in [-0.1, -0.05) is 6.92 Å². The number of nitrogens with two attached hydrogens (primary N) is 1. The van der Waals surface area contributed by atoms with E-state index in [-0.39, 0.29) is 29.5 Å². The Kier molecular flexibility index (Phi) is 6.26.